The van der Waals surface area contributed by atoms with Crippen molar-refractivity contribution >= 4 is 11.0 Å². The fourth-order valence-electron chi connectivity index (χ4n) is 4.47. The first kappa shape index (κ1) is 22.5. The maximum absolute atomic E-state index is 6.25. The molecule has 5 rings (SSSR count). The van der Waals surface area contributed by atoms with Gasteiger partial charge in [-0.15, -0.1) is 0 Å². The van der Waals surface area contributed by atoms with Crippen molar-refractivity contribution in [2.75, 3.05) is 13.2 Å². The average Bonchev–Trinajstić information content (AvgIpc) is 3.56. The summed E-state index contributed by atoms with van der Waals surface area (Å²) in [5.74, 6) is 1.63. The monoisotopic (exact) mass is 457 g/mol. The Labute approximate surface area is 200 Å². The van der Waals surface area contributed by atoms with Crippen LogP contribution >= 0.6 is 0 Å². The van der Waals surface area contributed by atoms with Crippen LogP contribution in [0, 0.1) is 0 Å². The molecule has 5 heteroatoms. The molecule has 176 valence electrons. The van der Waals surface area contributed by atoms with Crippen LogP contribution in [0.15, 0.2) is 71.3 Å². The minimum absolute atomic E-state index is 0.127. The summed E-state index contributed by atoms with van der Waals surface area (Å²) in [6.07, 6.45) is 4.93. The third kappa shape index (κ3) is 4.81. The van der Waals surface area contributed by atoms with Gasteiger partial charge in [0.2, 0.25) is 0 Å². The average molecular weight is 458 g/mol. The van der Waals surface area contributed by atoms with Crippen molar-refractivity contribution in [1.29, 1.82) is 0 Å². The SMILES string of the molecule is CCc1ccccc1OCc1coc2c(OCC3CCCO3)cc(-c3cccc(CN)c3)cc12. The number of hydrogen-bond donors (Lipinski definition) is 1. The quantitative estimate of drug-likeness (QED) is 0.321. The molecular formula is C29H31NO4. The van der Waals surface area contributed by atoms with Crippen LogP contribution < -0.4 is 15.2 Å². The van der Waals surface area contributed by atoms with Gasteiger partial charge < -0.3 is 24.4 Å². The first-order chi connectivity index (χ1) is 16.7. The van der Waals surface area contributed by atoms with E-state index in [0.717, 1.165) is 70.6 Å². The van der Waals surface area contributed by atoms with Crippen LogP contribution in [0.5, 0.6) is 11.5 Å². The van der Waals surface area contributed by atoms with Gasteiger partial charge in [0.05, 0.1) is 12.4 Å². The number of rotatable bonds is 9. The van der Waals surface area contributed by atoms with Crippen molar-refractivity contribution in [3.05, 3.63) is 83.6 Å². The maximum Gasteiger partial charge on any atom is 0.176 e. The zero-order valence-corrected chi connectivity index (χ0v) is 19.6. The third-order valence-electron chi connectivity index (χ3n) is 6.40. The van der Waals surface area contributed by atoms with E-state index in [1.54, 1.807) is 6.26 Å². The molecule has 3 aromatic carbocycles. The van der Waals surface area contributed by atoms with Crippen molar-refractivity contribution in [2.24, 2.45) is 5.73 Å². The van der Waals surface area contributed by atoms with E-state index in [2.05, 4.69) is 31.2 Å². The second-order valence-electron chi connectivity index (χ2n) is 8.71. The predicted molar refractivity (Wildman–Crippen MR) is 134 cm³/mol. The largest absolute Gasteiger partial charge is 0.488 e. The molecule has 1 saturated heterocycles. The highest BCUT2D eigenvalue weighted by Gasteiger charge is 2.19. The maximum atomic E-state index is 6.25. The summed E-state index contributed by atoms with van der Waals surface area (Å²) in [6.45, 7) is 4.37. The summed E-state index contributed by atoms with van der Waals surface area (Å²) < 4.78 is 24.2. The molecule has 0 amide bonds. The minimum Gasteiger partial charge on any atom is -0.488 e. The van der Waals surface area contributed by atoms with Gasteiger partial charge in [-0.1, -0.05) is 43.3 Å². The molecule has 1 fully saturated rings. The predicted octanol–water partition coefficient (Wildman–Crippen LogP) is 6.26. The van der Waals surface area contributed by atoms with Crippen molar-refractivity contribution in [3.63, 3.8) is 0 Å². The zero-order valence-electron chi connectivity index (χ0n) is 19.6. The van der Waals surface area contributed by atoms with Gasteiger partial charge >= 0.3 is 0 Å². The lowest BCUT2D eigenvalue weighted by atomic mass is 10.00. The van der Waals surface area contributed by atoms with Gasteiger partial charge in [0.15, 0.2) is 11.3 Å². The molecule has 0 saturated carbocycles. The molecule has 0 spiro atoms. The lowest BCUT2D eigenvalue weighted by molar-refractivity contribution is 0.0681. The number of furan rings is 1. The second kappa shape index (κ2) is 10.3. The smallest absolute Gasteiger partial charge is 0.176 e. The Balaban J connectivity index is 1.49. The molecule has 0 radical (unpaired) electrons. The lowest BCUT2D eigenvalue weighted by Crippen LogP contribution is -2.16. The Bertz CT molecular complexity index is 1260. The van der Waals surface area contributed by atoms with E-state index in [1.165, 1.54) is 5.56 Å². The van der Waals surface area contributed by atoms with E-state index in [1.807, 2.05) is 36.4 Å². The lowest BCUT2D eigenvalue weighted by Gasteiger charge is -2.14. The first-order valence-corrected chi connectivity index (χ1v) is 12.0. The second-order valence-corrected chi connectivity index (χ2v) is 8.71. The highest BCUT2D eigenvalue weighted by molar-refractivity contribution is 5.91. The summed E-state index contributed by atoms with van der Waals surface area (Å²) >= 11 is 0. The summed E-state index contributed by atoms with van der Waals surface area (Å²) in [6, 6.07) is 20.7. The summed E-state index contributed by atoms with van der Waals surface area (Å²) in [7, 11) is 0. The van der Waals surface area contributed by atoms with Crippen molar-refractivity contribution < 1.29 is 18.6 Å². The van der Waals surface area contributed by atoms with Crippen LogP contribution in [0.3, 0.4) is 0 Å². The van der Waals surface area contributed by atoms with Crippen molar-refractivity contribution in [1.82, 2.24) is 0 Å². The number of nitrogens with two attached hydrogens (primary N) is 1. The van der Waals surface area contributed by atoms with E-state index >= 15 is 0 Å². The summed E-state index contributed by atoms with van der Waals surface area (Å²) in [5, 5.41) is 0.993. The first-order valence-electron chi connectivity index (χ1n) is 12.0. The Hall–Kier alpha value is -3.28. The molecule has 1 aromatic heterocycles. The van der Waals surface area contributed by atoms with Gasteiger partial charge in [0.1, 0.15) is 19.0 Å². The molecule has 1 aliphatic heterocycles. The highest BCUT2D eigenvalue weighted by atomic mass is 16.5. The number of ether oxygens (including phenoxy) is 3. The molecule has 2 N–H and O–H groups in total. The molecule has 0 aliphatic carbocycles. The van der Waals surface area contributed by atoms with Gasteiger partial charge in [-0.3, -0.25) is 0 Å². The summed E-state index contributed by atoms with van der Waals surface area (Å²) in [5.41, 5.74) is 12.0. The molecule has 1 aliphatic rings. The van der Waals surface area contributed by atoms with E-state index in [4.69, 9.17) is 24.4 Å². The van der Waals surface area contributed by atoms with Crippen LogP contribution in [0.2, 0.25) is 0 Å². The van der Waals surface area contributed by atoms with Gasteiger partial charge in [0.25, 0.3) is 0 Å². The molecule has 1 unspecified atom stereocenters. The molecule has 34 heavy (non-hydrogen) atoms. The molecule has 5 nitrogen and oxygen atoms in total. The van der Waals surface area contributed by atoms with Crippen molar-refractivity contribution in [2.45, 2.75) is 45.4 Å². The van der Waals surface area contributed by atoms with Crippen LogP contribution in [-0.4, -0.2) is 19.3 Å². The van der Waals surface area contributed by atoms with E-state index in [-0.39, 0.29) is 6.10 Å². The van der Waals surface area contributed by atoms with E-state index in [9.17, 15) is 0 Å². The highest BCUT2D eigenvalue weighted by Crippen LogP contribution is 2.37. The third-order valence-corrected chi connectivity index (χ3v) is 6.40. The minimum atomic E-state index is 0.127. The van der Waals surface area contributed by atoms with Gasteiger partial charge in [-0.05, 0) is 65.8 Å². The molecule has 4 aromatic rings. The molecule has 2 heterocycles. The van der Waals surface area contributed by atoms with Crippen LogP contribution in [0.1, 0.15) is 36.5 Å². The molecule has 0 bridgehead atoms. The van der Waals surface area contributed by atoms with Gasteiger partial charge in [-0.25, -0.2) is 0 Å². The van der Waals surface area contributed by atoms with E-state index in [0.29, 0.717) is 19.8 Å². The molecule has 1 atom stereocenters. The number of benzene rings is 3. The Kier molecular flexibility index (Phi) is 6.84. The van der Waals surface area contributed by atoms with E-state index < -0.39 is 0 Å². The number of para-hydroxylation sites is 1. The standard InChI is InChI=1S/C29H31NO4/c1-2-21-8-3-4-11-27(21)32-17-24-18-34-29-26(24)14-23(22-9-5-7-20(13-22)16-30)15-28(29)33-19-25-10-6-12-31-25/h3-5,7-9,11,13-15,18,25H,2,6,10,12,16-17,19,30H2,1H3. The van der Waals surface area contributed by atoms with Crippen LogP contribution in [-0.2, 0) is 24.3 Å². The number of aryl methyl sites for hydroxylation is 1. The fraction of sp³-hybridized carbons (Fsp3) is 0.310. The number of fused-ring (bicyclic) bond motifs is 1. The van der Waals surface area contributed by atoms with Gasteiger partial charge in [0, 0.05) is 24.1 Å². The zero-order chi connectivity index (χ0) is 23.3. The Morgan fingerprint density at radius 1 is 0.941 bits per heavy atom. The topological polar surface area (TPSA) is 66.8 Å². The Morgan fingerprint density at radius 2 is 1.85 bits per heavy atom. The number of hydrogen-bond acceptors (Lipinski definition) is 5. The summed E-state index contributed by atoms with van der Waals surface area (Å²) in [4.78, 5) is 0. The van der Waals surface area contributed by atoms with Gasteiger partial charge in [-0.2, -0.15) is 0 Å². The fourth-order valence-corrected chi connectivity index (χ4v) is 4.47. The Morgan fingerprint density at radius 3 is 2.68 bits per heavy atom. The van der Waals surface area contributed by atoms with Crippen LogP contribution in [0.4, 0.5) is 0 Å². The van der Waals surface area contributed by atoms with Crippen molar-refractivity contribution in [3.8, 4) is 22.6 Å². The normalized spacial score (nSPS) is 15.6. The molecular weight excluding hydrogens is 426 g/mol. The van der Waals surface area contributed by atoms with Crippen LogP contribution in [0.25, 0.3) is 22.1 Å².